The molecule has 0 aromatic carbocycles. The number of carbonyl (C=O) groups is 1. The van der Waals surface area contributed by atoms with E-state index >= 15 is 0 Å². The predicted molar refractivity (Wildman–Crippen MR) is 74.7 cm³/mol. The molecule has 1 rings (SSSR count). The van der Waals surface area contributed by atoms with Gasteiger partial charge in [0.15, 0.2) is 0 Å². The minimum Gasteiger partial charge on any atom is -0.480 e. The van der Waals surface area contributed by atoms with Crippen molar-refractivity contribution in [1.82, 2.24) is 4.90 Å². The molecule has 1 fully saturated rings. The Morgan fingerprint density at radius 1 is 1.28 bits per heavy atom. The van der Waals surface area contributed by atoms with Crippen LogP contribution in [0.1, 0.15) is 65.7 Å². The molecule has 1 aliphatic rings. The highest BCUT2D eigenvalue weighted by atomic mass is 16.4. The van der Waals surface area contributed by atoms with Crippen molar-refractivity contribution in [1.29, 1.82) is 0 Å². The number of nitrogens with zero attached hydrogens (tertiary/aromatic N) is 1. The van der Waals surface area contributed by atoms with E-state index < -0.39 is 5.97 Å². The summed E-state index contributed by atoms with van der Waals surface area (Å²) in [6.45, 7) is 6.90. The van der Waals surface area contributed by atoms with Gasteiger partial charge in [0.05, 0.1) is 6.54 Å². The lowest BCUT2D eigenvalue weighted by molar-refractivity contribution is -0.139. The van der Waals surface area contributed by atoms with E-state index in [2.05, 4.69) is 25.7 Å². The minimum atomic E-state index is -0.676. The van der Waals surface area contributed by atoms with Gasteiger partial charge >= 0.3 is 5.97 Å². The van der Waals surface area contributed by atoms with Crippen molar-refractivity contribution in [2.75, 3.05) is 6.54 Å². The third-order valence-corrected chi connectivity index (χ3v) is 4.42. The minimum absolute atomic E-state index is 0.222. The topological polar surface area (TPSA) is 40.5 Å². The zero-order valence-corrected chi connectivity index (χ0v) is 12.2. The zero-order valence-electron chi connectivity index (χ0n) is 12.2. The Morgan fingerprint density at radius 3 is 2.33 bits per heavy atom. The molecule has 3 nitrogen and oxygen atoms in total. The van der Waals surface area contributed by atoms with Gasteiger partial charge in [-0.2, -0.15) is 0 Å². The molecule has 0 aliphatic heterocycles. The fraction of sp³-hybridized carbons (Fsp3) is 0.933. The van der Waals surface area contributed by atoms with E-state index in [0.29, 0.717) is 18.0 Å². The molecule has 106 valence electrons. The van der Waals surface area contributed by atoms with Gasteiger partial charge in [0.25, 0.3) is 0 Å². The van der Waals surface area contributed by atoms with Crippen molar-refractivity contribution < 1.29 is 9.90 Å². The first kappa shape index (κ1) is 15.5. The summed E-state index contributed by atoms with van der Waals surface area (Å²) in [7, 11) is 0. The van der Waals surface area contributed by atoms with Crippen molar-refractivity contribution in [3.8, 4) is 0 Å². The smallest absolute Gasteiger partial charge is 0.317 e. The SMILES string of the molecule is CCC(C)CC(CC)N(CC(=O)O)C1CCCC1. The summed E-state index contributed by atoms with van der Waals surface area (Å²) in [5.41, 5.74) is 0. The summed E-state index contributed by atoms with van der Waals surface area (Å²) < 4.78 is 0. The molecule has 2 atom stereocenters. The molecule has 3 heteroatoms. The molecule has 0 bridgehead atoms. The van der Waals surface area contributed by atoms with Gasteiger partial charge in [-0.25, -0.2) is 0 Å². The van der Waals surface area contributed by atoms with E-state index in [0.717, 1.165) is 12.8 Å². The number of hydrogen-bond donors (Lipinski definition) is 1. The maximum absolute atomic E-state index is 11.1. The third kappa shape index (κ3) is 4.60. The average Bonchev–Trinajstić information content (AvgIpc) is 2.86. The van der Waals surface area contributed by atoms with Gasteiger partial charge in [0.2, 0.25) is 0 Å². The van der Waals surface area contributed by atoms with Gasteiger partial charge in [-0.05, 0) is 31.6 Å². The molecule has 0 aromatic rings. The Hall–Kier alpha value is -0.570. The van der Waals surface area contributed by atoms with Crippen LogP contribution in [-0.2, 0) is 4.79 Å². The van der Waals surface area contributed by atoms with Crippen LogP contribution < -0.4 is 0 Å². The lowest BCUT2D eigenvalue weighted by Crippen LogP contribution is -2.45. The fourth-order valence-corrected chi connectivity index (χ4v) is 3.12. The van der Waals surface area contributed by atoms with Crippen LogP contribution in [0.2, 0.25) is 0 Å². The number of carboxylic acid groups (broad SMARTS) is 1. The molecule has 0 amide bonds. The van der Waals surface area contributed by atoms with E-state index in [1.54, 1.807) is 0 Å². The molecule has 0 spiro atoms. The Bertz CT molecular complexity index is 249. The van der Waals surface area contributed by atoms with Gasteiger partial charge in [-0.3, -0.25) is 9.69 Å². The normalized spacial score (nSPS) is 20.2. The molecule has 0 radical (unpaired) electrons. The average molecular weight is 255 g/mol. The highest BCUT2D eigenvalue weighted by Crippen LogP contribution is 2.28. The number of aliphatic carboxylic acids is 1. The molecule has 1 N–H and O–H groups in total. The quantitative estimate of drug-likeness (QED) is 0.721. The van der Waals surface area contributed by atoms with E-state index in [1.165, 1.54) is 32.1 Å². The molecule has 1 aliphatic carbocycles. The number of hydrogen-bond acceptors (Lipinski definition) is 2. The fourth-order valence-electron chi connectivity index (χ4n) is 3.12. The second-order valence-electron chi connectivity index (χ2n) is 5.82. The van der Waals surface area contributed by atoms with Gasteiger partial charge in [0.1, 0.15) is 0 Å². The number of carboxylic acids is 1. The maximum atomic E-state index is 11.1. The summed E-state index contributed by atoms with van der Waals surface area (Å²) in [5, 5.41) is 9.14. The first-order chi connectivity index (χ1) is 8.58. The maximum Gasteiger partial charge on any atom is 0.317 e. The molecule has 0 heterocycles. The highest BCUT2D eigenvalue weighted by Gasteiger charge is 2.29. The summed E-state index contributed by atoms with van der Waals surface area (Å²) in [6, 6.07) is 0.953. The zero-order chi connectivity index (χ0) is 13.5. The van der Waals surface area contributed by atoms with E-state index in [1.807, 2.05) is 0 Å². The van der Waals surface area contributed by atoms with Crippen LogP contribution in [-0.4, -0.2) is 34.6 Å². The largest absolute Gasteiger partial charge is 0.480 e. The second-order valence-corrected chi connectivity index (χ2v) is 5.82. The van der Waals surface area contributed by atoms with Crippen LogP contribution in [0.25, 0.3) is 0 Å². The Labute approximate surface area is 112 Å². The molecule has 1 saturated carbocycles. The van der Waals surface area contributed by atoms with Crippen molar-refractivity contribution in [2.24, 2.45) is 5.92 Å². The molecule has 0 saturated heterocycles. The Morgan fingerprint density at radius 2 is 1.89 bits per heavy atom. The standard InChI is InChI=1S/C15H29NO2/c1-4-12(3)10-13(5-2)16(11-15(17)18)14-8-6-7-9-14/h12-14H,4-11H2,1-3H3,(H,17,18). The lowest BCUT2D eigenvalue weighted by Gasteiger charge is -2.36. The molecule has 2 unspecified atom stereocenters. The van der Waals surface area contributed by atoms with Crippen LogP contribution in [0, 0.1) is 5.92 Å². The van der Waals surface area contributed by atoms with E-state index in [-0.39, 0.29) is 6.54 Å². The van der Waals surface area contributed by atoms with Gasteiger partial charge in [0, 0.05) is 12.1 Å². The number of rotatable bonds is 8. The van der Waals surface area contributed by atoms with E-state index in [4.69, 9.17) is 5.11 Å². The summed E-state index contributed by atoms with van der Waals surface area (Å²) in [4.78, 5) is 13.4. The Balaban J connectivity index is 2.67. The molecular formula is C15H29NO2. The van der Waals surface area contributed by atoms with Gasteiger partial charge < -0.3 is 5.11 Å². The summed E-state index contributed by atoms with van der Waals surface area (Å²) in [6.07, 6.45) is 8.28. The molecular weight excluding hydrogens is 226 g/mol. The Kier molecular flexibility index (Phi) is 6.69. The monoisotopic (exact) mass is 255 g/mol. The first-order valence-corrected chi connectivity index (χ1v) is 7.55. The predicted octanol–water partition coefficient (Wildman–Crippen LogP) is 3.53. The van der Waals surface area contributed by atoms with E-state index in [9.17, 15) is 4.79 Å². The van der Waals surface area contributed by atoms with Crippen LogP contribution in [0.3, 0.4) is 0 Å². The van der Waals surface area contributed by atoms with Crippen molar-refractivity contribution in [3.63, 3.8) is 0 Å². The van der Waals surface area contributed by atoms with Crippen LogP contribution in [0.4, 0.5) is 0 Å². The van der Waals surface area contributed by atoms with Crippen molar-refractivity contribution in [3.05, 3.63) is 0 Å². The van der Waals surface area contributed by atoms with Crippen molar-refractivity contribution >= 4 is 5.97 Å². The molecule has 18 heavy (non-hydrogen) atoms. The van der Waals surface area contributed by atoms with Crippen LogP contribution in [0.15, 0.2) is 0 Å². The highest BCUT2D eigenvalue weighted by molar-refractivity contribution is 5.69. The van der Waals surface area contributed by atoms with Gasteiger partial charge in [-0.1, -0.05) is 40.0 Å². The van der Waals surface area contributed by atoms with Crippen molar-refractivity contribution in [2.45, 2.75) is 77.8 Å². The first-order valence-electron chi connectivity index (χ1n) is 7.55. The summed E-state index contributed by atoms with van der Waals surface area (Å²) >= 11 is 0. The second kappa shape index (κ2) is 7.78. The molecule has 0 aromatic heterocycles. The van der Waals surface area contributed by atoms with Crippen LogP contribution >= 0.6 is 0 Å². The van der Waals surface area contributed by atoms with Crippen LogP contribution in [0.5, 0.6) is 0 Å². The lowest BCUT2D eigenvalue weighted by atomic mass is 9.95. The summed E-state index contributed by atoms with van der Waals surface area (Å²) in [5.74, 6) is 0.0112. The third-order valence-electron chi connectivity index (χ3n) is 4.42. The van der Waals surface area contributed by atoms with Gasteiger partial charge in [-0.15, -0.1) is 0 Å².